The third-order valence-electron chi connectivity index (χ3n) is 3.37. The van der Waals surface area contributed by atoms with E-state index in [1.165, 1.54) is 5.69 Å². The van der Waals surface area contributed by atoms with E-state index in [4.69, 9.17) is 0 Å². The van der Waals surface area contributed by atoms with Crippen molar-refractivity contribution in [2.24, 2.45) is 12.0 Å². The molecule has 2 aromatic rings. The Kier molecular flexibility index (Phi) is 7.83. The van der Waals surface area contributed by atoms with Crippen molar-refractivity contribution in [2.45, 2.75) is 13.1 Å². The summed E-state index contributed by atoms with van der Waals surface area (Å²) < 4.78 is 2.12. The number of rotatable bonds is 5. The highest BCUT2D eigenvalue weighted by molar-refractivity contribution is 14.0. The summed E-state index contributed by atoms with van der Waals surface area (Å²) in [5.41, 5.74) is 2.27. The third-order valence-corrected chi connectivity index (χ3v) is 4.43. The van der Waals surface area contributed by atoms with Crippen LogP contribution in [0.1, 0.15) is 11.4 Å². The number of hydrogen-bond donors (Lipinski definition) is 1. The number of hydrogen-bond acceptors (Lipinski definition) is 4. The molecule has 0 aromatic carbocycles. The van der Waals surface area contributed by atoms with E-state index in [-0.39, 0.29) is 24.0 Å². The number of nitrogens with one attached hydrogen (secondary N) is 1. The maximum absolute atomic E-state index is 4.57. The minimum absolute atomic E-state index is 0. The minimum atomic E-state index is 0. The van der Waals surface area contributed by atoms with Gasteiger partial charge in [-0.05, 0) is 12.1 Å². The molecule has 0 saturated carbocycles. The third kappa shape index (κ3) is 5.38. The van der Waals surface area contributed by atoms with E-state index in [1.54, 1.807) is 18.4 Å². The van der Waals surface area contributed by atoms with Gasteiger partial charge in [0.15, 0.2) is 11.1 Å². The Morgan fingerprint density at radius 3 is 2.65 bits per heavy atom. The van der Waals surface area contributed by atoms with Gasteiger partial charge in [0, 0.05) is 52.5 Å². The van der Waals surface area contributed by atoms with Crippen molar-refractivity contribution in [3.05, 3.63) is 35.1 Å². The Bertz CT molecular complexity index is 633. The summed E-state index contributed by atoms with van der Waals surface area (Å²) in [7, 11) is 9.90. The molecule has 0 aliphatic carbocycles. The smallest absolute Gasteiger partial charge is 0.194 e. The number of guanidine groups is 1. The minimum Gasteiger partial charge on any atom is -0.354 e. The van der Waals surface area contributed by atoms with Crippen LogP contribution in [-0.2, 0) is 20.1 Å². The van der Waals surface area contributed by atoms with Gasteiger partial charge in [0.1, 0.15) is 0 Å². The number of nitrogens with zero attached hydrogens (tertiary/aromatic N) is 5. The van der Waals surface area contributed by atoms with Crippen LogP contribution in [0.15, 0.2) is 28.7 Å². The molecule has 6 nitrogen and oxygen atoms in total. The molecule has 23 heavy (non-hydrogen) atoms. The lowest BCUT2D eigenvalue weighted by Crippen LogP contribution is -2.38. The quantitative estimate of drug-likeness (QED) is 0.434. The van der Waals surface area contributed by atoms with Crippen molar-refractivity contribution in [3.8, 4) is 0 Å². The zero-order chi connectivity index (χ0) is 16.1. The van der Waals surface area contributed by atoms with E-state index < -0.39 is 0 Å². The monoisotopic (exact) mass is 448 g/mol. The first kappa shape index (κ1) is 19.8. The lowest BCUT2D eigenvalue weighted by atomic mass is 10.4. The van der Waals surface area contributed by atoms with Gasteiger partial charge < -0.3 is 19.7 Å². The van der Waals surface area contributed by atoms with Crippen molar-refractivity contribution < 1.29 is 0 Å². The van der Waals surface area contributed by atoms with Crippen LogP contribution in [0.5, 0.6) is 0 Å². The van der Waals surface area contributed by atoms with Gasteiger partial charge in [-0.25, -0.2) is 4.98 Å². The van der Waals surface area contributed by atoms with Crippen molar-refractivity contribution in [2.75, 3.05) is 33.1 Å². The Morgan fingerprint density at radius 2 is 2.13 bits per heavy atom. The number of anilines is 1. The van der Waals surface area contributed by atoms with Gasteiger partial charge in [-0.15, -0.1) is 35.3 Å². The molecule has 1 N–H and O–H groups in total. The van der Waals surface area contributed by atoms with Crippen LogP contribution >= 0.6 is 35.3 Å². The maximum Gasteiger partial charge on any atom is 0.194 e. The highest BCUT2D eigenvalue weighted by Gasteiger charge is 2.09. The fraction of sp³-hybridized carbons (Fsp3) is 0.467. The van der Waals surface area contributed by atoms with Crippen LogP contribution in [0.2, 0.25) is 0 Å². The summed E-state index contributed by atoms with van der Waals surface area (Å²) in [6.07, 6.45) is 2.05. The summed E-state index contributed by atoms with van der Waals surface area (Å²) in [6, 6.07) is 4.17. The second kappa shape index (κ2) is 9.11. The first-order chi connectivity index (χ1) is 10.5. The van der Waals surface area contributed by atoms with Crippen molar-refractivity contribution in [1.29, 1.82) is 0 Å². The molecule has 2 rings (SSSR count). The van der Waals surface area contributed by atoms with E-state index in [1.807, 2.05) is 26.0 Å². The molecule has 0 radical (unpaired) electrons. The number of aromatic nitrogens is 2. The van der Waals surface area contributed by atoms with Crippen LogP contribution in [0.3, 0.4) is 0 Å². The fourth-order valence-corrected chi connectivity index (χ4v) is 2.87. The molecule has 128 valence electrons. The van der Waals surface area contributed by atoms with Gasteiger partial charge in [0.05, 0.1) is 18.8 Å². The molecular formula is C15H25IN6S. The largest absolute Gasteiger partial charge is 0.354 e. The Hall–Kier alpha value is -1.29. The van der Waals surface area contributed by atoms with Crippen molar-refractivity contribution >= 4 is 46.4 Å². The number of halogens is 1. The van der Waals surface area contributed by atoms with Crippen LogP contribution in [0.4, 0.5) is 5.13 Å². The molecule has 0 bridgehead atoms. The predicted molar refractivity (Wildman–Crippen MR) is 109 cm³/mol. The number of aryl methyl sites for hydroxylation is 1. The highest BCUT2D eigenvalue weighted by atomic mass is 127. The molecule has 0 fully saturated rings. The molecule has 2 heterocycles. The summed E-state index contributed by atoms with van der Waals surface area (Å²) in [5, 5.41) is 6.46. The Balaban J connectivity index is 0.00000264. The Labute approximate surface area is 159 Å². The zero-order valence-corrected chi connectivity index (χ0v) is 17.4. The summed E-state index contributed by atoms with van der Waals surface area (Å²) in [5.74, 6) is 0.862. The van der Waals surface area contributed by atoms with E-state index in [0.29, 0.717) is 6.54 Å². The topological polar surface area (TPSA) is 48.7 Å². The highest BCUT2D eigenvalue weighted by Crippen LogP contribution is 2.17. The lowest BCUT2D eigenvalue weighted by Gasteiger charge is -2.22. The zero-order valence-electron chi connectivity index (χ0n) is 14.3. The molecule has 0 aliphatic heterocycles. The first-order valence-corrected chi connectivity index (χ1v) is 8.03. The summed E-state index contributed by atoms with van der Waals surface area (Å²) in [4.78, 5) is 13.0. The van der Waals surface area contributed by atoms with Gasteiger partial charge in [-0.2, -0.15) is 0 Å². The molecule has 0 aliphatic rings. The Morgan fingerprint density at radius 1 is 1.39 bits per heavy atom. The lowest BCUT2D eigenvalue weighted by molar-refractivity contribution is 0.461. The normalized spacial score (nSPS) is 11.1. The van der Waals surface area contributed by atoms with Gasteiger partial charge in [-0.1, -0.05) is 0 Å². The van der Waals surface area contributed by atoms with Crippen molar-refractivity contribution in [3.63, 3.8) is 0 Å². The average molecular weight is 448 g/mol. The second-order valence-corrected chi connectivity index (χ2v) is 6.22. The van der Waals surface area contributed by atoms with E-state index in [2.05, 4.69) is 55.5 Å². The van der Waals surface area contributed by atoms with E-state index >= 15 is 0 Å². The van der Waals surface area contributed by atoms with Gasteiger partial charge in [0.25, 0.3) is 0 Å². The van der Waals surface area contributed by atoms with E-state index in [9.17, 15) is 0 Å². The average Bonchev–Trinajstić information content (AvgIpc) is 3.10. The first-order valence-electron chi connectivity index (χ1n) is 7.15. The summed E-state index contributed by atoms with van der Waals surface area (Å²) >= 11 is 1.65. The fourth-order valence-electron chi connectivity index (χ4n) is 2.12. The molecule has 0 unspecified atom stereocenters. The molecular weight excluding hydrogens is 423 g/mol. The standard InChI is InChI=1S/C15H24N6S.HI/c1-16-14(21(5)10-13-7-6-8-20(13)4)17-9-12-11-22-15(18-12)19(2)3;/h6-8,11H,9-10H2,1-5H3,(H,16,17);1H. The van der Waals surface area contributed by atoms with Gasteiger partial charge in [-0.3, -0.25) is 4.99 Å². The van der Waals surface area contributed by atoms with Crippen LogP contribution < -0.4 is 10.2 Å². The van der Waals surface area contributed by atoms with Gasteiger partial charge >= 0.3 is 0 Å². The molecule has 8 heteroatoms. The molecule has 0 saturated heterocycles. The second-order valence-electron chi connectivity index (χ2n) is 5.38. The number of aliphatic imine (C=N–C) groups is 1. The molecule has 0 amide bonds. The molecule has 0 spiro atoms. The summed E-state index contributed by atoms with van der Waals surface area (Å²) in [6.45, 7) is 1.48. The SMILES string of the molecule is CN=C(NCc1csc(N(C)C)n1)N(C)Cc1cccn1C.I. The number of thiazole rings is 1. The molecule has 2 aromatic heterocycles. The van der Waals surface area contributed by atoms with Crippen LogP contribution in [-0.4, -0.2) is 48.6 Å². The van der Waals surface area contributed by atoms with Crippen molar-refractivity contribution in [1.82, 2.24) is 19.8 Å². The van der Waals surface area contributed by atoms with Crippen LogP contribution in [0, 0.1) is 0 Å². The van der Waals surface area contributed by atoms with Gasteiger partial charge in [0.2, 0.25) is 0 Å². The van der Waals surface area contributed by atoms with E-state index in [0.717, 1.165) is 23.3 Å². The van der Waals surface area contributed by atoms with Crippen LogP contribution in [0.25, 0.3) is 0 Å². The maximum atomic E-state index is 4.57. The molecule has 0 atom stereocenters. The predicted octanol–water partition coefficient (Wildman–Crippen LogP) is 2.37.